The molecule has 3 N–H and O–H groups in total. The molecule has 0 unspecified atom stereocenters. The molecule has 1 aliphatic rings. The zero-order valence-corrected chi connectivity index (χ0v) is 13.7. The van der Waals surface area contributed by atoms with Crippen LogP contribution < -0.4 is 20.7 Å². The minimum Gasteiger partial charge on any atom is -0.456 e. The van der Waals surface area contributed by atoms with Gasteiger partial charge in [0.1, 0.15) is 11.6 Å². The molecule has 4 nitrogen and oxygen atoms in total. The largest absolute Gasteiger partial charge is 0.456 e. The number of hydrogen-bond acceptors (Lipinski definition) is 5. The first-order valence-corrected chi connectivity index (χ1v) is 8.36. The molecule has 0 fully saturated rings. The highest BCUT2D eigenvalue weighted by Crippen LogP contribution is 2.34. The van der Waals surface area contributed by atoms with Crippen LogP contribution in [-0.2, 0) is 6.54 Å². The van der Waals surface area contributed by atoms with E-state index >= 15 is 0 Å². The number of thiophene rings is 1. The van der Waals surface area contributed by atoms with Gasteiger partial charge in [-0.2, -0.15) is 0 Å². The number of rotatable bonds is 5. The number of anilines is 2. The van der Waals surface area contributed by atoms with Crippen molar-refractivity contribution < 1.29 is 4.74 Å². The molecule has 2 heterocycles. The maximum atomic E-state index is 6.04. The Kier molecular flexibility index (Phi) is 4.24. The fraction of sp³-hybridized carbons (Fsp3) is 0.294. The van der Waals surface area contributed by atoms with Crippen molar-refractivity contribution in [1.82, 2.24) is 0 Å². The lowest BCUT2D eigenvalue weighted by Gasteiger charge is -2.24. The molecule has 1 aliphatic heterocycles. The Balaban J connectivity index is 1.76. The highest BCUT2D eigenvalue weighted by Gasteiger charge is 2.17. The van der Waals surface area contributed by atoms with Gasteiger partial charge >= 0.3 is 0 Å². The number of allylic oxidation sites excluding steroid dienone is 1. The van der Waals surface area contributed by atoms with Gasteiger partial charge in [-0.1, -0.05) is 13.0 Å². The van der Waals surface area contributed by atoms with Crippen LogP contribution in [0.1, 0.15) is 25.3 Å². The Hall–Kier alpha value is -2.14. The first kappa shape index (κ1) is 14.8. The Morgan fingerprint density at radius 1 is 1.32 bits per heavy atom. The number of ether oxygens (including phenoxy) is 1. The third-order valence-electron chi connectivity index (χ3n) is 3.63. The fourth-order valence-corrected chi connectivity index (χ4v) is 3.21. The van der Waals surface area contributed by atoms with Gasteiger partial charge in [-0.05, 0) is 41.6 Å². The zero-order valence-electron chi connectivity index (χ0n) is 12.9. The van der Waals surface area contributed by atoms with Crippen molar-refractivity contribution in [3.05, 3.63) is 52.9 Å². The Labute approximate surface area is 135 Å². The summed E-state index contributed by atoms with van der Waals surface area (Å²) >= 11 is 1.74. The maximum absolute atomic E-state index is 6.04. The molecule has 116 valence electrons. The van der Waals surface area contributed by atoms with Crippen molar-refractivity contribution in [3.63, 3.8) is 0 Å². The summed E-state index contributed by atoms with van der Waals surface area (Å²) in [5, 5.41) is 6.61. The third kappa shape index (κ3) is 3.04. The molecule has 3 rings (SSSR count). The van der Waals surface area contributed by atoms with Gasteiger partial charge in [-0.15, -0.1) is 11.3 Å². The molecule has 22 heavy (non-hydrogen) atoms. The van der Waals surface area contributed by atoms with E-state index in [2.05, 4.69) is 53.8 Å². The summed E-state index contributed by atoms with van der Waals surface area (Å²) in [7, 11) is 2.10. The summed E-state index contributed by atoms with van der Waals surface area (Å²) < 4.78 is 5.90. The summed E-state index contributed by atoms with van der Waals surface area (Å²) in [6, 6.07) is 10.4. The molecule has 0 amide bonds. The van der Waals surface area contributed by atoms with E-state index in [1.165, 1.54) is 10.6 Å². The quantitative estimate of drug-likeness (QED) is 0.871. The molecule has 2 aromatic rings. The molecule has 0 spiro atoms. The molecule has 0 aliphatic carbocycles. The Morgan fingerprint density at radius 3 is 2.91 bits per heavy atom. The van der Waals surface area contributed by atoms with Gasteiger partial charge in [0.05, 0.1) is 10.7 Å². The molecular formula is C17H21N3OS. The van der Waals surface area contributed by atoms with Crippen LogP contribution in [-0.4, -0.2) is 7.05 Å². The summed E-state index contributed by atoms with van der Waals surface area (Å²) in [4.78, 5) is 2.23. The molecule has 0 radical (unpaired) electrons. The molecule has 0 bridgehead atoms. The molecule has 0 saturated carbocycles. The summed E-state index contributed by atoms with van der Waals surface area (Å²) in [6.45, 7) is 2.96. The first-order chi connectivity index (χ1) is 10.7. The summed E-state index contributed by atoms with van der Waals surface area (Å²) in [6.07, 6.45) is 1.86. The average Bonchev–Trinajstić information content (AvgIpc) is 3.03. The number of benzene rings is 1. The molecule has 1 aromatic heterocycles. The predicted molar refractivity (Wildman–Crippen MR) is 93.2 cm³/mol. The minimum atomic E-state index is 0.623. The smallest absolute Gasteiger partial charge is 0.150 e. The van der Waals surface area contributed by atoms with Crippen LogP contribution in [0.2, 0.25) is 0 Å². The molecule has 0 atom stereocenters. The Bertz CT molecular complexity index is 679. The maximum Gasteiger partial charge on any atom is 0.150 e. The van der Waals surface area contributed by atoms with Crippen LogP contribution in [0.3, 0.4) is 0 Å². The number of nitrogens with one attached hydrogen (secondary N) is 1. The summed E-state index contributed by atoms with van der Waals surface area (Å²) in [5.74, 6) is 2.30. The van der Waals surface area contributed by atoms with Crippen molar-refractivity contribution in [3.8, 4) is 5.75 Å². The lowest BCUT2D eigenvalue weighted by Crippen LogP contribution is -2.21. The van der Waals surface area contributed by atoms with Crippen molar-refractivity contribution in [2.45, 2.75) is 26.3 Å². The van der Waals surface area contributed by atoms with E-state index in [1.807, 2.05) is 6.07 Å². The fourth-order valence-electron chi connectivity index (χ4n) is 2.52. The normalized spacial score (nSPS) is 13.4. The van der Waals surface area contributed by atoms with Crippen molar-refractivity contribution in [2.24, 2.45) is 5.73 Å². The zero-order chi connectivity index (χ0) is 15.5. The van der Waals surface area contributed by atoms with E-state index in [-0.39, 0.29) is 0 Å². The van der Waals surface area contributed by atoms with Crippen molar-refractivity contribution in [1.29, 1.82) is 0 Å². The van der Waals surface area contributed by atoms with Crippen LogP contribution in [0.5, 0.6) is 5.75 Å². The highest BCUT2D eigenvalue weighted by atomic mass is 32.1. The van der Waals surface area contributed by atoms with Gasteiger partial charge < -0.3 is 20.7 Å². The van der Waals surface area contributed by atoms with Crippen LogP contribution in [0.4, 0.5) is 10.7 Å². The average molecular weight is 315 g/mol. The first-order valence-electron chi connectivity index (χ1n) is 7.48. The highest BCUT2D eigenvalue weighted by molar-refractivity contribution is 7.14. The van der Waals surface area contributed by atoms with E-state index in [9.17, 15) is 0 Å². The van der Waals surface area contributed by atoms with Crippen LogP contribution in [0, 0.1) is 0 Å². The number of hydrogen-bond donors (Lipinski definition) is 2. The monoisotopic (exact) mass is 315 g/mol. The van der Waals surface area contributed by atoms with Gasteiger partial charge in [0.25, 0.3) is 0 Å². The van der Waals surface area contributed by atoms with E-state index in [1.54, 1.807) is 11.3 Å². The van der Waals surface area contributed by atoms with Crippen LogP contribution in [0.25, 0.3) is 0 Å². The minimum absolute atomic E-state index is 0.623. The lowest BCUT2D eigenvalue weighted by molar-refractivity contribution is 0.389. The second-order valence-electron chi connectivity index (χ2n) is 5.45. The Morgan fingerprint density at radius 2 is 2.18 bits per heavy atom. The van der Waals surface area contributed by atoms with Crippen molar-refractivity contribution in [2.75, 3.05) is 17.3 Å². The van der Waals surface area contributed by atoms with Gasteiger partial charge in [-0.3, -0.25) is 0 Å². The van der Waals surface area contributed by atoms with Gasteiger partial charge in [0, 0.05) is 20.0 Å². The van der Waals surface area contributed by atoms with E-state index in [4.69, 9.17) is 10.5 Å². The van der Waals surface area contributed by atoms with E-state index < -0.39 is 0 Å². The predicted octanol–water partition coefficient (Wildman–Crippen LogP) is 4.12. The lowest BCUT2D eigenvalue weighted by atomic mass is 10.1. The number of nitrogens with two attached hydrogens (primary N) is 1. The molecule has 0 saturated heterocycles. The molecular weight excluding hydrogens is 294 g/mol. The van der Waals surface area contributed by atoms with E-state index in [0.717, 1.165) is 36.6 Å². The standard InChI is InChI=1S/C17H21N3OS/c1-3-5-15-17(18)19-13-10-12(7-8-14(13)21-15)11-20(2)16-6-4-9-22-16/h4,6-10,19H,3,5,11,18H2,1-2H3. The van der Waals surface area contributed by atoms with Crippen LogP contribution in [0.15, 0.2) is 47.3 Å². The van der Waals surface area contributed by atoms with E-state index in [0.29, 0.717) is 5.82 Å². The SMILES string of the molecule is CCCC1=C(N)Nc2cc(CN(C)c3cccs3)ccc2O1. The third-order valence-corrected chi connectivity index (χ3v) is 4.61. The van der Waals surface area contributed by atoms with Gasteiger partial charge in [0.2, 0.25) is 0 Å². The van der Waals surface area contributed by atoms with Gasteiger partial charge in [-0.25, -0.2) is 0 Å². The molecule has 5 heteroatoms. The van der Waals surface area contributed by atoms with Crippen LogP contribution >= 0.6 is 11.3 Å². The number of fused-ring (bicyclic) bond motifs is 1. The molecule has 1 aromatic carbocycles. The van der Waals surface area contributed by atoms with Gasteiger partial charge in [0.15, 0.2) is 5.75 Å². The second-order valence-corrected chi connectivity index (χ2v) is 6.38. The van der Waals surface area contributed by atoms with Crippen molar-refractivity contribution >= 4 is 22.0 Å². The second kappa shape index (κ2) is 6.32. The topological polar surface area (TPSA) is 50.5 Å². The summed E-state index contributed by atoms with van der Waals surface area (Å²) in [5.41, 5.74) is 8.20. The number of nitrogens with zero attached hydrogens (tertiary/aromatic N) is 1.